The first-order valence-corrected chi connectivity index (χ1v) is 9.30. The number of anilines is 3. The van der Waals surface area contributed by atoms with E-state index in [2.05, 4.69) is 15.7 Å². The van der Waals surface area contributed by atoms with E-state index >= 15 is 0 Å². The Balaban J connectivity index is 1.57. The molecule has 2 aliphatic heterocycles. The second-order valence-corrected chi connectivity index (χ2v) is 7.08. The molecule has 0 spiro atoms. The number of halogens is 1. The van der Waals surface area contributed by atoms with E-state index < -0.39 is 11.9 Å². The van der Waals surface area contributed by atoms with Gasteiger partial charge in [-0.2, -0.15) is 5.10 Å². The molecule has 0 fully saturated rings. The highest BCUT2D eigenvalue weighted by atomic mass is 35.5. The summed E-state index contributed by atoms with van der Waals surface area (Å²) in [5.74, 6) is -0.417. The minimum absolute atomic E-state index is 0.0867. The van der Waals surface area contributed by atoms with Crippen molar-refractivity contribution in [3.05, 3.63) is 47.5 Å². The van der Waals surface area contributed by atoms with Crippen LogP contribution in [0.25, 0.3) is 0 Å². The summed E-state index contributed by atoms with van der Waals surface area (Å²) in [5, 5.41) is 11.5. The number of fused-ring (bicyclic) bond motifs is 1. The average molecular weight is 413 g/mol. The lowest BCUT2D eigenvalue weighted by atomic mass is 10.1. The second-order valence-electron chi connectivity index (χ2n) is 6.68. The van der Waals surface area contributed by atoms with Gasteiger partial charge in [0, 0.05) is 12.5 Å². The average Bonchev–Trinajstić information content (AvgIpc) is 3.15. The standard InChI is InChI=1S/C20H17ClN4O4/c1-11(26)17-8-16(24-25(17)12-5-3-2-4-6-12)20(28)23-14-9-18-15(7-13(14)21)22-19(27)10-29-18/h2-7,9,17H,8,10H2,1H3,(H,22,27)(H,23,28). The first-order chi connectivity index (χ1) is 13.9. The number of Topliss-reactive ketones (excluding diaryl/α,β-unsaturated/α-hetero) is 1. The van der Waals surface area contributed by atoms with Crippen LogP contribution in [-0.4, -0.2) is 36.0 Å². The molecule has 0 radical (unpaired) electrons. The van der Waals surface area contributed by atoms with Gasteiger partial charge in [0.15, 0.2) is 12.4 Å². The maximum absolute atomic E-state index is 12.8. The van der Waals surface area contributed by atoms with Crippen molar-refractivity contribution in [2.24, 2.45) is 5.10 Å². The molecule has 2 heterocycles. The Morgan fingerprint density at radius 2 is 2.03 bits per heavy atom. The zero-order valence-corrected chi connectivity index (χ0v) is 16.2. The second kappa shape index (κ2) is 7.56. The van der Waals surface area contributed by atoms with Crippen molar-refractivity contribution in [1.82, 2.24) is 0 Å². The molecular weight excluding hydrogens is 396 g/mol. The number of carbonyl (C=O) groups is 3. The maximum atomic E-state index is 12.8. The van der Waals surface area contributed by atoms with Gasteiger partial charge < -0.3 is 15.4 Å². The number of hydrazone groups is 1. The zero-order chi connectivity index (χ0) is 20.5. The first kappa shape index (κ1) is 18.9. The van der Waals surface area contributed by atoms with Crippen LogP contribution in [0.2, 0.25) is 5.02 Å². The molecule has 0 saturated carbocycles. The molecule has 29 heavy (non-hydrogen) atoms. The molecule has 2 aromatic rings. The molecule has 8 nitrogen and oxygen atoms in total. The molecular formula is C20H17ClN4O4. The molecule has 1 atom stereocenters. The molecule has 4 rings (SSSR count). The third-order valence-corrected chi connectivity index (χ3v) is 4.93. The Bertz CT molecular complexity index is 1040. The van der Waals surface area contributed by atoms with E-state index in [9.17, 15) is 14.4 Å². The lowest BCUT2D eigenvalue weighted by molar-refractivity contribution is -0.119. The van der Waals surface area contributed by atoms with Gasteiger partial charge >= 0.3 is 0 Å². The van der Waals surface area contributed by atoms with Crippen molar-refractivity contribution < 1.29 is 19.1 Å². The van der Waals surface area contributed by atoms with Gasteiger partial charge in [0.1, 0.15) is 17.5 Å². The van der Waals surface area contributed by atoms with Gasteiger partial charge in [0.2, 0.25) is 0 Å². The molecule has 0 aliphatic carbocycles. The SMILES string of the molecule is CC(=O)C1CC(C(=O)Nc2cc3c(cc2Cl)NC(=O)CO3)=NN1c1ccccc1. The molecule has 2 amide bonds. The van der Waals surface area contributed by atoms with E-state index in [0.717, 1.165) is 5.69 Å². The first-order valence-electron chi connectivity index (χ1n) is 8.92. The van der Waals surface area contributed by atoms with Crippen molar-refractivity contribution in [3.63, 3.8) is 0 Å². The number of hydrogen-bond acceptors (Lipinski definition) is 6. The minimum Gasteiger partial charge on any atom is -0.482 e. The van der Waals surface area contributed by atoms with Gasteiger partial charge in [-0.1, -0.05) is 29.8 Å². The fraction of sp³-hybridized carbons (Fsp3) is 0.200. The van der Waals surface area contributed by atoms with E-state index in [1.165, 1.54) is 13.0 Å². The Morgan fingerprint density at radius 3 is 2.76 bits per heavy atom. The summed E-state index contributed by atoms with van der Waals surface area (Å²) < 4.78 is 5.36. The number of carbonyl (C=O) groups excluding carboxylic acids is 3. The van der Waals surface area contributed by atoms with E-state index in [1.807, 2.05) is 30.3 Å². The highest BCUT2D eigenvalue weighted by molar-refractivity contribution is 6.45. The van der Waals surface area contributed by atoms with E-state index in [1.54, 1.807) is 11.1 Å². The van der Waals surface area contributed by atoms with Crippen LogP contribution >= 0.6 is 11.6 Å². The molecule has 2 aromatic carbocycles. The molecule has 0 bridgehead atoms. The van der Waals surface area contributed by atoms with E-state index in [-0.39, 0.29) is 35.5 Å². The number of benzene rings is 2. The third-order valence-electron chi connectivity index (χ3n) is 4.61. The summed E-state index contributed by atoms with van der Waals surface area (Å²) in [5.41, 5.74) is 1.71. The third kappa shape index (κ3) is 3.79. The summed E-state index contributed by atoms with van der Waals surface area (Å²) in [6.07, 6.45) is 0.186. The number of ketones is 1. The Morgan fingerprint density at radius 1 is 1.28 bits per heavy atom. The van der Waals surface area contributed by atoms with Crippen LogP contribution in [0.15, 0.2) is 47.6 Å². The number of ether oxygens (including phenoxy) is 1. The minimum atomic E-state index is -0.546. The highest BCUT2D eigenvalue weighted by Gasteiger charge is 2.34. The molecule has 148 valence electrons. The van der Waals surface area contributed by atoms with Crippen molar-refractivity contribution >= 4 is 52.0 Å². The highest BCUT2D eigenvalue weighted by Crippen LogP contribution is 2.36. The number of nitrogens with one attached hydrogen (secondary N) is 2. The fourth-order valence-electron chi connectivity index (χ4n) is 3.17. The lowest BCUT2D eigenvalue weighted by Gasteiger charge is -2.20. The van der Waals surface area contributed by atoms with Crippen molar-refractivity contribution in [3.8, 4) is 5.75 Å². The van der Waals surface area contributed by atoms with Crippen LogP contribution in [0.5, 0.6) is 5.75 Å². The zero-order valence-electron chi connectivity index (χ0n) is 15.4. The normalized spacial score (nSPS) is 17.7. The summed E-state index contributed by atoms with van der Waals surface area (Å²) >= 11 is 6.24. The number of rotatable bonds is 4. The number of amides is 2. The predicted molar refractivity (Wildman–Crippen MR) is 110 cm³/mol. The van der Waals surface area contributed by atoms with Crippen LogP contribution in [0.4, 0.5) is 17.1 Å². The van der Waals surface area contributed by atoms with Crippen LogP contribution in [0.1, 0.15) is 13.3 Å². The number of nitrogens with zero attached hydrogens (tertiary/aromatic N) is 2. The van der Waals surface area contributed by atoms with Crippen molar-refractivity contribution in [1.29, 1.82) is 0 Å². The van der Waals surface area contributed by atoms with Crippen molar-refractivity contribution in [2.45, 2.75) is 19.4 Å². The fourth-order valence-corrected chi connectivity index (χ4v) is 3.38. The topological polar surface area (TPSA) is 100 Å². The number of para-hydroxylation sites is 1. The Labute approximate surface area is 171 Å². The van der Waals surface area contributed by atoms with Crippen LogP contribution < -0.4 is 20.4 Å². The Kier molecular flexibility index (Phi) is 4.94. The summed E-state index contributed by atoms with van der Waals surface area (Å²) in [4.78, 5) is 36.3. The van der Waals surface area contributed by atoms with E-state index in [0.29, 0.717) is 17.1 Å². The molecule has 0 saturated heterocycles. The summed E-state index contributed by atoms with van der Waals surface area (Å²) in [6, 6.07) is 11.7. The van der Waals surface area contributed by atoms with Crippen LogP contribution in [0.3, 0.4) is 0 Å². The maximum Gasteiger partial charge on any atom is 0.272 e. The largest absolute Gasteiger partial charge is 0.482 e. The molecule has 0 aromatic heterocycles. The molecule has 2 aliphatic rings. The number of hydrogen-bond donors (Lipinski definition) is 2. The van der Waals surface area contributed by atoms with Gasteiger partial charge in [-0.15, -0.1) is 0 Å². The van der Waals surface area contributed by atoms with Gasteiger partial charge in [-0.25, -0.2) is 0 Å². The van der Waals surface area contributed by atoms with E-state index in [4.69, 9.17) is 16.3 Å². The molecule has 1 unspecified atom stereocenters. The molecule has 9 heteroatoms. The van der Waals surface area contributed by atoms with Crippen LogP contribution in [0, 0.1) is 0 Å². The summed E-state index contributed by atoms with van der Waals surface area (Å²) in [6.45, 7) is 1.37. The van der Waals surface area contributed by atoms with Crippen molar-refractivity contribution in [2.75, 3.05) is 22.2 Å². The van der Waals surface area contributed by atoms with Gasteiger partial charge in [-0.05, 0) is 25.1 Å². The van der Waals surface area contributed by atoms with Gasteiger partial charge in [0.25, 0.3) is 11.8 Å². The quantitative estimate of drug-likeness (QED) is 0.804. The van der Waals surface area contributed by atoms with Gasteiger partial charge in [0.05, 0.1) is 22.1 Å². The predicted octanol–water partition coefficient (Wildman–Crippen LogP) is 2.83. The van der Waals surface area contributed by atoms with Gasteiger partial charge in [-0.3, -0.25) is 19.4 Å². The Hall–Kier alpha value is -3.39. The summed E-state index contributed by atoms with van der Waals surface area (Å²) in [7, 11) is 0. The lowest BCUT2D eigenvalue weighted by Crippen LogP contribution is -2.33. The smallest absolute Gasteiger partial charge is 0.272 e. The van der Waals surface area contributed by atoms with Crippen LogP contribution in [-0.2, 0) is 14.4 Å². The molecule has 2 N–H and O–H groups in total. The monoisotopic (exact) mass is 412 g/mol.